The van der Waals surface area contributed by atoms with Gasteiger partial charge in [0.05, 0.1) is 12.3 Å². The number of ether oxygens (including phenoxy) is 1. The maximum atomic E-state index is 13.7. The molecule has 0 aliphatic carbocycles. The first-order valence-corrected chi connectivity index (χ1v) is 6.13. The summed E-state index contributed by atoms with van der Waals surface area (Å²) in [7, 11) is 0. The van der Waals surface area contributed by atoms with Crippen LogP contribution in [0.1, 0.15) is 18.2 Å². The van der Waals surface area contributed by atoms with Crippen LogP contribution in [-0.4, -0.2) is 17.6 Å². The number of halogens is 2. The highest BCUT2D eigenvalue weighted by Gasteiger charge is 2.11. The van der Waals surface area contributed by atoms with Gasteiger partial charge in [-0.15, -0.1) is 0 Å². The molecule has 0 spiro atoms. The molecule has 0 fully saturated rings. The summed E-state index contributed by atoms with van der Waals surface area (Å²) >= 11 is 0. The van der Waals surface area contributed by atoms with E-state index in [4.69, 9.17) is 4.74 Å². The molecule has 0 amide bonds. The van der Waals surface area contributed by atoms with Gasteiger partial charge in [-0.05, 0) is 43.7 Å². The Morgan fingerprint density at radius 1 is 1.35 bits per heavy atom. The van der Waals surface area contributed by atoms with Gasteiger partial charge in [0.1, 0.15) is 17.2 Å². The standard InChI is InChI=1S/C15H13F2NO2/c1-3-20-13(19)7-4-10-8-9(2)14-11(16)5-6-12(17)15(14)18-10/h4-8H,3H2,1-2H3/b7-4+. The number of carbonyl (C=O) groups excluding carboxylic acids is 1. The zero-order chi connectivity index (χ0) is 14.7. The van der Waals surface area contributed by atoms with Gasteiger partial charge < -0.3 is 4.74 Å². The third-order valence-electron chi connectivity index (χ3n) is 2.75. The Labute approximate surface area is 114 Å². The van der Waals surface area contributed by atoms with Crippen LogP contribution in [0.25, 0.3) is 17.0 Å². The van der Waals surface area contributed by atoms with E-state index in [-0.39, 0.29) is 17.5 Å². The lowest BCUT2D eigenvalue weighted by atomic mass is 10.1. The Balaban J connectivity index is 2.48. The molecular formula is C15H13F2NO2. The molecule has 0 aliphatic heterocycles. The van der Waals surface area contributed by atoms with Crippen molar-refractivity contribution in [3.8, 4) is 0 Å². The van der Waals surface area contributed by atoms with Crippen LogP contribution in [0.4, 0.5) is 8.78 Å². The van der Waals surface area contributed by atoms with Crippen molar-refractivity contribution >= 4 is 22.9 Å². The summed E-state index contributed by atoms with van der Waals surface area (Å²) in [6.07, 6.45) is 2.61. The third-order valence-corrected chi connectivity index (χ3v) is 2.75. The van der Waals surface area contributed by atoms with Crippen LogP contribution in [0.3, 0.4) is 0 Å². The van der Waals surface area contributed by atoms with Gasteiger partial charge in [-0.2, -0.15) is 0 Å². The van der Waals surface area contributed by atoms with Gasteiger partial charge in [0.15, 0.2) is 0 Å². The summed E-state index contributed by atoms with van der Waals surface area (Å²) in [5.41, 5.74) is 0.872. The summed E-state index contributed by atoms with van der Waals surface area (Å²) in [5, 5.41) is 0.151. The minimum Gasteiger partial charge on any atom is -0.463 e. The molecule has 0 bridgehead atoms. The van der Waals surface area contributed by atoms with E-state index in [1.165, 1.54) is 12.2 Å². The number of pyridine rings is 1. The van der Waals surface area contributed by atoms with E-state index in [0.717, 1.165) is 12.1 Å². The molecule has 1 aromatic heterocycles. The summed E-state index contributed by atoms with van der Waals surface area (Å²) in [4.78, 5) is 15.2. The van der Waals surface area contributed by atoms with E-state index in [0.29, 0.717) is 11.3 Å². The molecule has 0 atom stereocenters. The lowest BCUT2D eigenvalue weighted by molar-refractivity contribution is -0.137. The molecule has 1 heterocycles. The van der Waals surface area contributed by atoms with Gasteiger partial charge in [0.2, 0.25) is 0 Å². The van der Waals surface area contributed by atoms with Crippen molar-refractivity contribution in [3.63, 3.8) is 0 Å². The second-order valence-corrected chi connectivity index (χ2v) is 4.20. The average molecular weight is 277 g/mol. The number of carbonyl (C=O) groups is 1. The van der Waals surface area contributed by atoms with Crippen LogP contribution >= 0.6 is 0 Å². The molecule has 5 heteroatoms. The number of benzene rings is 1. The molecule has 1 aromatic carbocycles. The molecule has 0 unspecified atom stereocenters. The highest BCUT2D eigenvalue weighted by atomic mass is 19.1. The lowest BCUT2D eigenvalue weighted by Gasteiger charge is -2.05. The maximum Gasteiger partial charge on any atom is 0.330 e. The summed E-state index contributed by atoms with van der Waals surface area (Å²) in [6, 6.07) is 3.68. The molecule has 0 aliphatic rings. The molecule has 0 saturated carbocycles. The first-order valence-electron chi connectivity index (χ1n) is 6.13. The predicted molar refractivity (Wildman–Crippen MR) is 72.1 cm³/mol. The number of aryl methyl sites for hydroxylation is 1. The molecule has 20 heavy (non-hydrogen) atoms. The van der Waals surface area contributed by atoms with Gasteiger partial charge in [0, 0.05) is 11.5 Å². The normalized spacial score (nSPS) is 11.2. The smallest absolute Gasteiger partial charge is 0.330 e. The molecule has 0 radical (unpaired) electrons. The lowest BCUT2D eigenvalue weighted by Crippen LogP contribution is -1.99. The van der Waals surface area contributed by atoms with Crippen LogP contribution in [0.15, 0.2) is 24.3 Å². The molecule has 2 aromatic rings. The molecule has 3 nitrogen and oxygen atoms in total. The Morgan fingerprint density at radius 2 is 2.05 bits per heavy atom. The van der Waals surface area contributed by atoms with E-state index >= 15 is 0 Å². The maximum absolute atomic E-state index is 13.7. The zero-order valence-electron chi connectivity index (χ0n) is 11.1. The van der Waals surface area contributed by atoms with Crippen molar-refractivity contribution < 1.29 is 18.3 Å². The summed E-state index contributed by atoms with van der Waals surface area (Å²) in [6.45, 7) is 3.63. The number of esters is 1. The Kier molecular flexibility index (Phi) is 4.08. The summed E-state index contributed by atoms with van der Waals surface area (Å²) < 4.78 is 32.1. The Hall–Kier alpha value is -2.30. The molecule has 0 N–H and O–H groups in total. The number of hydrogen-bond donors (Lipinski definition) is 0. The molecule has 0 saturated heterocycles. The quantitative estimate of drug-likeness (QED) is 0.637. The fraction of sp³-hybridized carbons (Fsp3) is 0.200. The van der Waals surface area contributed by atoms with E-state index in [9.17, 15) is 13.6 Å². The minimum absolute atomic E-state index is 0.0477. The molecular weight excluding hydrogens is 264 g/mol. The Bertz CT molecular complexity index is 696. The predicted octanol–water partition coefficient (Wildman–Crippen LogP) is 3.40. The van der Waals surface area contributed by atoms with Gasteiger partial charge in [0.25, 0.3) is 0 Å². The monoisotopic (exact) mass is 277 g/mol. The number of rotatable bonds is 3. The second-order valence-electron chi connectivity index (χ2n) is 4.20. The zero-order valence-corrected chi connectivity index (χ0v) is 11.1. The fourth-order valence-electron chi connectivity index (χ4n) is 1.91. The van der Waals surface area contributed by atoms with Crippen LogP contribution in [-0.2, 0) is 9.53 Å². The first-order chi connectivity index (χ1) is 9.52. The van der Waals surface area contributed by atoms with Crippen LogP contribution < -0.4 is 0 Å². The Morgan fingerprint density at radius 3 is 2.75 bits per heavy atom. The van der Waals surface area contributed by atoms with Crippen molar-refractivity contribution in [1.82, 2.24) is 4.98 Å². The van der Waals surface area contributed by atoms with Gasteiger partial charge in [-0.25, -0.2) is 18.6 Å². The van der Waals surface area contributed by atoms with E-state index in [2.05, 4.69) is 4.98 Å². The highest BCUT2D eigenvalue weighted by molar-refractivity contribution is 5.88. The van der Waals surface area contributed by atoms with Gasteiger partial charge in [-0.1, -0.05) is 0 Å². The van der Waals surface area contributed by atoms with Crippen LogP contribution in [0, 0.1) is 18.6 Å². The SMILES string of the molecule is CCOC(=O)/C=C/c1cc(C)c2c(F)ccc(F)c2n1. The molecule has 2 rings (SSSR count). The first kappa shape index (κ1) is 14.1. The summed E-state index contributed by atoms with van der Waals surface area (Å²) in [5.74, 6) is -1.63. The molecule has 104 valence electrons. The van der Waals surface area contributed by atoms with Gasteiger partial charge >= 0.3 is 5.97 Å². The van der Waals surface area contributed by atoms with Crippen molar-refractivity contribution in [1.29, 1.82) is 0 Å². The van der Waals surface area contributed by atoms with E-state index in [1.807, 2.05) is 0 Å². The largest absolute Gasteiger partial charge is 0.463 e. The topological polar surface area (TPSA) is 39.2 Å². The number of nitrogens with zero attached hydrogens (tertiary/aromatic N) is 1. The van der Waals surface area contributed by atoms with Crippen LogP contribution in [0.2, 0.25) is 0 Å². The minimum atomic E-state index is -0.601. The van der Waals surface area contributed by atoms with E-state index < -0.39 is 17.6 Å². The van der Waals surface area contributed by atoms with Crippen molar-refractivity contribution in [2.75, 3.05) is 6.61 Å². The fourth-order valence-corrected chi connectivity index (χ4v) is 1.91. The number of hydrogen-bond acceptors (Lipinski definition) is 3. The average Bonchev–Trinajstić information content (AvgIpc) is 2.41. The van der Waals surface area contributed by atoms with Gasteiger partial charge in [-0.3, -0.25) is 0 Å². The van der Waals surface area contributed by atoms with Crippen LogP contribution in [0.5, 0.6) is 0 Å². The number of aromatic nitrogens is 1. The highest BCUT2D eigenvalue weighted by Crippen LogP contribution is 2.24. The third kappa shape index (κ3) is 2.82. The van der Waals surface area contributed by atoms with E-state index in [1.54, 1.807) is 19.9 Å². The van der Waals surface area contributed by atoms with Crippen molar-refractivity contribution in [2.45, 2.75) is 13.8 Å². The van der Waals surface area contributed by atoms with Crippen molar-refractivity contribution in [2.24, 2.45) is 0 Å². The second kappa shape index (κ2) is 5.77. The van der Waals surface area contributed by atoms with Crippen molar-refractivity contribution in [3.05, 3.63) is 47.2 Å². The number of fused-ring (bicyclic) bond motifs is 1.